The first-order valence-corrected chi connectivity index (χ1v) is 8.82. The summed E-state index contributed by atoms with van der Waals surface area (Å²) in [5.74, 6) is 0.152. The van der Waals surface area contributed by atoms with Crippen molar-refractivity contribution in [3.8, 4) is 11.3 Å². The number of unbranched alkanes of at least 4 members (excludes halogenated alkanes) is 1. The van der Waals surface area contributed by atoms with Gasteiger partial charge in [0, 0.05) is 37.7 Å². The van der Waals surface area contributed by atoms with Gasteiger partial charge in [0.1, 0.15) is 5.69 Å². The Hall–Kier alpha value is -2.63. The second kappa shape index (κ2) is 8.46. The molecule has 132 valence electrons. The molecule has 0 spiro atoms. The summed E-state index contributed by atoms with van der Waals surface area (Å²) < 4.78 is 5.12. The highest BCUT2D eigenvalue weighted by atomic mass is 16.5. The highest BCUT2D eigenvalue weighted by Gasteiger charge is 2.17. The topological polar surface area (TPSA) is 75.4 Å². The highest BCUT2D eigenvalue weighted by molar-refractivity contribution is 5.92. The van der Waals surface area contributed by atoms with E-state index >= 15 is 0 Å². The molecule has 0 atom stereocenters. The largest absolute Gasteiger partial charge is 0.350 e. The molecule has 0 aliphatic carbocycles. The standard InChI is InChI=1S/C19H23N3O3/c23-18(22-12-6-7-13-22)10-4-5-11-20-19(24)17-14-16(21-25-17)15-8-2-1-3-9-15/h1-3,8-9,14H,4-7,10-13H2,(H,20,24). The zero-order valence-corrected chi connectivity index (χ0v) is 14.2. The molecule has 1 aromatic heterocycles. The fraction of sp³-hybridized carbons (Fsp3) is 0.421. The Bertz CT molecular complexity index is 706. The molecule has 25 heavy (non-hydrogen) atoms. The van der Waals surface area contributed by atoms with Gasteiger partial charge in [0.2, 0.25) is 11.7 Å². The average Bonchev–Trinajstić information content (AvgIpc) is 3.34. The fourth-order valence-electron chi connectivity index (χ4n) is 2.94. The van der Waals surface area contributed by atoms with Crippen LogP contribution in [0.2, 0.25) is 0 Å². The lowest BCUT2D eigenvalue weighted by Crippen LogP contribution is -2.28. The maximum Gasteiger partial charge on any atom is 0.289 e. The number of benzene rings is 1. The predicted molar refractivity (Wildman–Crippen MR) is 93.9 cm³/mol. The number of hydrogen-bond donors (Lipinski definition) is 1. The zero-order valence-electron chi connectivity index (χ0n) is 14.2. The van der Waals surface area contributed by atoms with Crippen LogP contribution in [-0.4, -0.2) is 41.5 Å². The van der Waals surface area contributed by atoms with Gasteiger partial charge in [-0.1, -0.05) is 35.5 Å². The van der Waals surface area contributed by atoms with Gasteiger partial charge in [-0.2, -0.15) is 0 Å². The van der Waals surface area contributed by atoms with E-state index in [0.29, 0.717) is 18.7 Å². The Morgan fingerprint density at radius 2 is 1.88 bits per heavy atom. The molecule has 0 radical (unpaired) electrons. The van der Waals surface area contributed by atoms with Crippen LogP contribution >= 0.6 is 0 Å². The van der Waals surface area contributed by atoms with Crippen LogP contribution in [0.1, 0.15) is 42.7 Å². The molecule has 1 saturated heterocycles. The molecule has 2 heterocycles. The average molecular weight is 341 g/mol. The van der Waals surface area contributed by atoms with Gasteiger partial charge in [-0.05, 0) is 25.7 Å². The van der Waals surface area contributed by atoms with E-state index < -0.39 is 0 Å². The smallest absolute Gasteiger partial charge is 0.289 e. The van der Waals surface area contributed by atoms with Crippen molar-refractivity contribution in [3.05, 3.63) is 42.2 Å². The van der Waals surface area contributed by atoms with Crippen LogP contribution in [0.5, 0.6) is 0 Å². The van der Waals surface area contributed by atoms with Crippen LogP contribution in [-0.2, 0) is 4.79 Å². The van der Waals surface area contributed by atoms with Crippen LogP contribution in [0.3, 0.4) is 0 Å². The number of carbonyl (C=O) groups excluding carboxylic acids is 2. The van der Waals surface area contributed by atoms with Gasteiger partial charge in [0.15, 0.2) is 0 Å². The molecule has 1 fully saturated rings. The number of carbonyl (C=O) groups is 2. The Morgan fingerprint density at radius 1 is 1.12 bits per heavy atom. The van der Waals surface area contributed by atoms with Gasteiger partial charge in [-0.15, -0.1) is 0 Å². The number of likely N-dealkylation sites (tertiary alicyclic amines) is 1. The summed E-state index contributed by atoms with van der Waals surface area (Å²) in [6.45, 7) is 2.31. The summed E-state index contributed by atoms with van der Waals surface area (Å²) in [4.78, 5) is 25.9. The van der Waals surface area contributed by atoms with Gasteiger partial charge in [0.25, 0.3) is 5.91 Å². The van der Waals surface area contributed by atoms with Crippen LogP contribution < -0.4 is 5.32 Å². The van der Waals surface area contributed by atoms with E-state index in [0.717, 1.165) is 44.3 Å². The third-order valence-electron chi connectivity index (χ3n) is 4.37. The molecule has 6 heteroatoms. The van der Waals surface area contributed by atoms with Gasteiger partial charge in [-0.25, -0.2) is 0 Å². The first kappa shape index (κ1) is 17.2. The molecule has 0 saturated carbocycles. The lowest BCUT2D eigenvalue weighted by Gasteiger charge is -2.14. The number of rotatable bonds is 7. The van der Waals surface area contributed by atoms with Crippen LogP contribution in [0, 0.1) is 0 Å². The summed E-state index contributed by atoms with van der Waals surface area (Å²) in [6, 6.07) is 11.2. The molecule has 1 aliphatic rings. The Balaban J connectivity index is 1.38. The van der Waals surface area contributed by atoms with Crippen molar-refractivity contribution in [2.75, 3.05) is 19.6 Å². The van der Waals surface area contributed by atoms with Gasteiger partial charge in [-0.3, -0.25) is 9.59 Å². The van der Waals surface area contributed by atoms with Gasteiger partial charge in [0.05, 0.1) is 0 Å². The lowest BCUT2D eigenvalue weighted by molar-refractivity contribution is -0.130. The number of aromatic nitrogens is 1. The minimum absolute atomic E-state index is 0.201. The molecular weight excluding hydrogens is 318 g/mol. The zero-order chi connectivity index (χ0) is 17.5. The first-order chi connectivity index (χ1) is 12.2. The van der Waals surface area contributed by atoms with Gasteiger partial charge >= 0.3 is 0 Å². The summed E-state index contributed by atoms with van der Waals surface area (Å²) in [5.41, 5.74) is 1.55. The predicted octanol–water partition coefficient (Wildman–Crippen LogP) is 2.86. The second-order valence-corrected chi connectivity index (χ2v) is 6.24. The third-order valence-corrected chi connectivity index (χ3v) is 4.37. The first-order valence-electron chi connectivity index (χ1n) is 8.82. The number of nitrogens with one attached hydrogen (secondary N) is 1. The maximum atomic E-state index is 12.1. The number of hydrogen-bond acceptors (Lipinski definition) is 4. The van der Waals surface area contributed by atoms with Crippen molar-refractivity contribution >= 4 is 11.8 Å². The summed E-state index contributed by atoms with van der Waals surface area (Å²) in [5, 5.41) is 6.74. The molecule has 3 rings (SSSR count). The molecule has 2 amide bonds. The Kier molecular flexibility index (Phi) is 5.82. The molecule has 1 N–H and O–H groups in total. The lowest BCUT2D eigenvalue weighted by atomic mass is 10.1. The van der Waals surface area contributed by atoms with Crippen molar-refractivity contribution < 1.29 is 14.1 Å². The van der Waals surface area contributed by atoms with Crippen molar-refractivity contribution in [2.24, 2.45) is 0 Å². The molecule has 1 aliphatic heterocycles. The van der Waals surface area contributed by atoms with Crippen molar-refractivity contribution in [3.63, 3.8) is 0 Å². The van der Waals surface area contributed by atoms with E-state index in [9.17, 15) is 9.59 Å². The summed E-state index contributed by atoms with van der Waals surface area (Å²) in [7, 11) is 0. The molecule has 0 unspecified atom stereocenters. The normalized spacial score (nSPS) is 13.8. The monoisotopic (exact) mass is 341 g/mol. The quantitative estimate of drug-likeness (QED) is 0.786. The molecular formula is C19H23N3O3. The highest BCUT2D eigenvalue weighted by Crippen LogP contribution is 2.18. The second-order valence-electron chi connectivity index (χ2n) is 6.24. The van der Waals surface area contributed by atoms with E-state index in [4.69, 9.17) is 4.52 Å². The maximum absolute atomic E-state index is 12.1. The van der Waals surface area contributed by atoms with E-state index in [1.807, 2.05) is 35.2 Å². The molecule has 0 bridgehead atoms. The van der Waals surface area contributed by atoms with E-state index in [1.54, 1.807) is 6.07 Å². The molecule has 6 nitrogen and oxygen atoms in total. The molecule has 2 aromatic rings. The minimum Gasteiger partial charge on any atom is -0.350 e. The minimum atomic E-state index is -0.277. The van der Waals surface area contributed by atoms with Crippen LogP contribution in [0.4, 0.5) is 0 Å². The van der Waals surface area contributed by atoms with Gasteiger partial charge < -0.3 is 14.7 Å². The molecule has 1 aromatic carbocycles. The Morgan fingerprint density at radius 3 is 2.64 bits per heavy atom. The van der Waals surface area contributed by atoms with Crippen LogP contribution in [0.15, 0.2) is 40.9 Å². The van der Waals surface area contributed by atoms with Crippen molar-refractivity contribution in [2.45, 2.75) is 32.1 Å². The summed E-state index contributed by atoms with van der Waals surface area (Å²) >= 11 is 0. The third kappa shape index (κ3) is 4.68. The van der Waals surface area contributed by atoms with E-state index in [2.05, 4.69) is 10.5 Å². The Labute approximate surface area is 147 Å². The number of nitrogens with zero attached hydrogens (tertiary/aromatic N) is 2. The summed E-state index contributed by atoms with van der Waals surface area (Å²) in [6.07, 6.45) is 4.33. The van der Waals surface area contributed by atoms with Crippen molar-refractivity contribution in [1.82, 2.24) is 15.4 Å². The SMILES string of the molecule is O=C(NCCCCC(=O)N1CCCC1)c1cc(-c2ccccc2)no1. The van der Waals surface area contributed by atoms with E-state index in [-0.39, 0.29) is 17.6 Å². The van der Waals surface area contributed by atoms with Crippen LogP contribution in [0.25, 0.3) is 11.3 Å². The van der Waals surface area contributed by atoms with Crippen molar-refractivity contribution in [1.29, 1.82) is 0 Å². The number of amides is 2. The fourth-order valence-corrected chi connectivity index (χ4v) is 2.94. The van der Waals surface area contributed by atoms with E-state index in [1.165, 1.54) is 0 Å².